The average molecular weight is 471 g/mol. The third-order valence-electron chi connectivity index (χ3n) is 4.66. The average Bonchev–Trinajstić information content (AvgIpc) is 3.38. The van der Waals surface area contributed by atoms with Gasteiger partial charge in [-0.3, -0.25) is 9.20 Å². The van der Waals surface area contributed by atoms with Gasteiger partial charge in [0.15, 0.2) is 10.8 Å². The van der Waals surface area contributed by atoms with Gasteiger partial charge in [0.1, 0.15) is 17.2 Å². The van der Waals surface area contributed by atoms with Crippen LogP contribution < -0.4 is 5.32 Å². The molecule has 1 N–H and O–H groups in total. The third kappa shape index (κ3) is 3.90. The number of rotatable bonds is 5. The van der Waals surface area contributed by atoms with E-state index >= 15 is 0 Å². The van der Waals surface area contributed by atoms with Crippen LogP contribution >= 0.6 is 23.4 Å². The molecular weight excluding hydrogens is 458 g/mol. The summed E-state index contributed by atoms with van der Waals surface area (Å²) in [6.07, 6.45) is 3.50. The van der Waals surface area contributed by atoms with Gasteiger partial charge < -0.3 is 5.32 Å². The van der Waals surface area contributed by atoms with Crippen LogP contribution in [0.3, 0.4) is 0 Å². The quantitative estimate of drug-likeness (QED) is 0.376. The normalized spacial score (nSPS) is 11.3. The van der Waals surface area contributed by atoms with Gasteiger partial charge in [0, 0.05) is 18.0 Å². The molecule has 0 spiro atoms. The van der Waals surface area contributed by atoms with Crippen molar-refractivity contribution in [3.8, 4) is 11.3 Å². The van der Waals surface area contributed by atoms with Crippen LogP contribution in [0.2, 0.25) is 5.02 Å². The zero-order valence-corrected chi connectivity index (χ0v) is 17.7. The highest BCUT2D eigenvalue weighted by Crippen LogP contribution is 2.26. The van der Waals surface area contributed by atoms with Crippen LogP contribution in [0, 0.1) is 11.6 Å². The number of fused-ring (bicyclic) bond motifs is 3. The van der Waals surface area contributed by atoms with E-state index in [4.69, 9.17) is 11.6 Å². The van der Waals surface area contributed by atoms with Crippen molar-refractivity contribution in [3.63, 3.8) is 0 Å². The summed E-state index contributed by atoms with van der Waals surface area (Å²) in [5.41, 5.74) is 3.06. The van der Waals surface area contributed by atoms with E-state index in [1.807, 2.05) is 6.07 Å². The van der Waals surface area contributed by atoms with Gasteiger partial charge in [0.05, 0.1) is 22.2 Å². The number of anilines is 1. The number of amides is 1. The maximum absolute atomic E-state index is 13.2. The number of aromatic nitrogens is 5. The van der Waals surface area contributed by atoms with Gasteiger partial charge in [-0.2, -0.15) is 5.10 Å². The first-order chi connectivity index (χ1) is 15.5. The largest absolute Gasteiger partial charge is 0.324 e. The first-order valence-electron chi connectivity index (χ1n) is 9.35. The molecule has 0 aliphatic heterocycles. The fourth-order valence-electron chi connectivity index (χ4n) is 3.16. The summed E-state index contributed by atoms with van der Waals surface area (Å²) in [6.45, 7) is 0. The highest BCUT2D eigenvalue weighted by molar-refractivity contribution is 7.99. The van der Waals surface area contributed by atoms with Crippen molar-refractivity contribution >= 4 is 46.1 Å². The number of carbonyl (C=O) groups excluding carboxylic acids is 1. The summed E-state index contributed by atoms with van der Waals surface area (Å²) in [4.78, 5) is 12.3. The molecule has 0 aliphatic carbocycles. The van der Waals surface area contributed by atoms with Crippen molar-refractivity contribution in [1.82, 2.24) is 24.2 Å². The number of halogens is 3. The van der Waals surface area contributed by atoms with E-state index in [9.17, 15) is 13.6 Å². The fraction of sp³-hybridized carbons (Fsp3) is 0.0476. The summed E-state index contributed by atoms with van der Waals surface area (Å²) >= 11 is 7.14. The first-order valence-corrected chi connectivity index (χ1v) is 10.7. The molecule has 11 heteroatoms. The Balaban J connectivity index is 1.36. The standard InChI is InChI=1S/C21H13ClF2N6OS/c22-15-9-14(24)5-6-16(15)25-19(31)11-32-21-27-26-20-18-10-17(12-1-3-13(23)4-2-12)28-30(18)8-7-29(20)21/h1-10H,11H2,(H,25,31). The molecular formula is C21H13ClF2N6OS. The highest BCUT2D eigenvalue weighted by Gasteiger charge is 2.15. The number of benzene rings is 2. The van der Waals surface area contributed by atoms with Crippen LogP contribution in [0.25, 0.3) is 22.4 Å². The van der Waals surface area contributed by atoms with Crippen molar-refractivity contribution < 1.29 is 13.6 Å². The number of hydrogen-bond donors (Lipinski definition) is 1. The molecule has 2 aromatic carbocycles. The van der Waals surface area contributed by atoms with E-state index < -0.39 is 5.82 Å². The summed E-state index contributed by atoms with van der Waals surface area (Å²) in [7, 11) is 0. The number of hydrogen-bond acceptors (Lipinski definition) is 5. The molecule has 5 aromatic rings. The van der Waals surface area contributed by atoms with Gasteiger partial charge in [-0.1, -0.05) is 23.4 Å². The first kappa shape index (κ1) is 20.4. The molecule has 5 rings (SSSR count). The van der Waals surface area contributed by atoms with Gasteiger partial charge in [0.25, 0.3) is 0 Å². The summed E-state index contributed by atoms with van der Waals surface area (Å²) in [6, 6.07) is 11.7. The zero-order valence-electron chi connectivity index (χ0n) is 16.2. The second-order valence-corrected chi connectivity index (χ2v) is 8.15. The molecule has 0 unspecified atom stereocenters. The second kappa shape index (κ2) is 8.21. The minimum Gasteiger partial charge on any atom is -0.324 e. The van der Waals surface area contributed by atoms with Gasteiger partial charge in [-0.05, 0) is 48.5 Å². The molecule has 0 fully saturated rings. The molecule has 0 saturated heterocycles. The molecule has 0 bridgehead atoms. The fourth-order valence-corrected chi connectivity index (χ4v) is 4.09. The van der Waals surface area contributed by atoms with E-state index in [2.05, 4.69) is 20.6 Å². The molecule has 7 nitrogen and oxygen atoms in total. The van der Waals surface area contributed by atoms with Gasteiger partial charge in [-0.25, -0.2) is 13.3 Å². The predicted molar refractivity (Wildman–Crippen MR) is 118 cm³/mol. The molecule has 0 aliphatic rings. The Bertz CT molecular complexity index is 1470. The minimum absolute atomic E-state index is 0.0553. The van der Waals surface area contributed by atoms with Gasteiger partial charge in [-0.15, -0.1) is 10.2 Å². The molecule has 3 heterocycles. The van der Waals surface area contributed by atoms with E-state index in [-0.39, 0.29) is 22.5 Å². The number of nitrogens with one attached hydrogen (secondary N) is 1. The topological polar surface area (TPSA) is 76.6 Å². The summed E-state index contributed by atoms with van der Waals surface area (Å²) in [5.74, 6) is -1.06. The Morgan fingerprint density at radius 1 is 1.03 bits per heavy atom. The van der Waals surface area contributed by atoms with E-state index in [1.54, 1.807) is 33.4 Å². The van der Waals surface area contributed by atoms with Crippen LogP contribution in [0.4, 0.5) is 14.5 Å². The molecule has 0 atom stereocenters. The van der Waals surface area contributed by atoms with Crippen molar-refractivity contribution in [3.05, 3.63) is 77.6 Å². The number of nitrogens with zero attached hydrogens (tertiary/aromatic N) is 5. The Hall–Kier alpha value is -3.50. The Morgan fingerprint density at radius 3 is 2.59 bits per heavy atom. The van der Waals surface area contributed by atoms with Crippen LogP contribution in [0.15, 0.2) is 66.1 Å². The van der Waals surface area contributed by atoms with Crippen molar-refractivity contribution in [2.75, 3.05) is 11.1 Å². The molecule has 3 aromatic heterocycles. The van der Waals surface area contributed by atoms with Gasteiger partial charge >= 0.3 is 0 Å². The van der Waals surface area contributed by atoms with Gasteiger partial charge in [0.2, 0.25) is 5.91 Å². The highest BCUT2D eigenvalue weighted by atomic mass is 35.5. The minimum atomic E-state index is -0.480. The second-order valence-electron chi connectivity index (χ2n) is 6.80. The van der Waals surface area contributed by atoms with E-state index in [1.165, 1.54) is 36.0 Å². The SMILES string of the molecule is O=C(CSc1nnc2c3cc(-c4ccc(F)cc4)nn3ccn12)Nc1ccc(F)cc1Cl. The maximum atomic E-state index is 13.2. The Labute approximate surface area is 189 Å². The lowest BCUT2D eigenvalue weighted by Crippen LogP contribution is -2.14. The molecule has 32 heavy (non-hydrogen) atoms. The molecule has 160 valence electrons. The van der Waals surface area contributed by atoms with Crippen LogP contribution in [-0.2, 0) is 4.79 Å². The van der Waals surface area contributed by atoms with Crippen LogP contribution in [0.1, 0.15) is 0 Å². The van der Waals surface area contributed by atoms with E-state index in [0.717, 1.165) is 11.6 Å². The molecule has 0 radical (unpaired) electrons. The molecule has 1 amide bonds. The maximum Gasteiger partial charge on any atom is 0.234 e. The van der Waals surface area contributed by atoms with E-state index in [0.29, 0.717) is 27.7 Å². The number of carbonyl (C=O) groups is 1. The van der Waals surface area contributed by atoms with Crippen molar-refractivity contribution in [1.29, 1.82) is 0 Å². The lowest BCUT2D eigenvalue weighted by molar-refractivity contribution is -0.113. The smallest absolute Gasteiger partial charge is 0.234 e. The monoisotopic (exact) mass is 470 g/mol. The Kier molecular flexibility index (Phi) is 5.24. The van der Waals surface area contributed by atoms with Crippen molar-refractivity contribution in [2.45, 2.75) is 5.16 Å². The third-order valence-corrected chi connectivity index (χ3v) is 5.92. The summed E-state index contributed by atoms with van der Waals surface area (Å²) in [5, 5.41) is 16.2. The predicted octanol–water partition coefficient (Wildman–Crippen LogP) is 4.71. The zero-order chi connectivity index (χ0) is 22.2. The lowest BCUT2D eigenvalue weighted by Gasteiger charge is -2.06. The molecule has 0 saturated carbocycles. The lowest BCUT2D eigenvalue weighted by atomic mass is 10.1. The number of thioether (sulfide) groups is 1. The summed E-state index contributed by atoms with van der Waals surface area (Å²) < 4.78 is 29.8. The van der Waals surface area contributed by atoms with Crippen LogP contribution in [0.5, 0.6) is 0 Å². The Morgan fingerprint density at radius 2 is 1.81 bits per heavy atom. The van der Waals surface area contributed by atoms with Crippen LogP contribution in [-0.4, -0.2) is 35.9 Å². The van der Waals surface area contributed by atoms with Crippen molar-refractivity contribution in [2.24, 2.45) is 0 Å².